The summed E-state index contributed by atoms with van der Waals surface area (Å²) in [5.74, 6) is -3.31. The van der Waals surface area contributed by atoms with E-state index in [1.807, 2.05) is 88.4 Å². The first-order valence-electron chi connectivity index (χ1n) is 13.4. The number of hydrogen-bond donors (Lipinski definition) is 3. The summed E-state index contributed by atoms with van der Waals surface area (Å²) in [6, 6.07) is 22.2. The molecule has 0 aliphatic carbocycles. The van der Waals surface area contributed by atoms with Gasteiger partial charge in [0, 0.05) is 5.56 Å². The van der Waals surface area contributed by atoms with Crippen LogP contribution in [0, 0.1) is 17.2 Å². The van der Waals surface area contributed by atoms with Crippen molar-refractivity contribution in [3.8, 4) is 11.1 Å². The predicted octanol–water partition coefficient (Wildman–Crippen LogP) is 6.40. The van der Waals surface area contributed by atoms with Gasteiger partial charge in [-0.25, -0.2) is 4.39 Å². The van der Waals surface area contributed by atoms with Crippen LogP contribution in [0.3, 0.4) is 0 Å². The van der Waals surface area contributed by atoms with Gasteiger partial charge in [0.2, 0.25) is 11.8 Å². The molecule has 7 heteroatoms. The second-order valence-electron chi connectivity index (χ2n) is 11.0. The SMILES string of the molecule is C[C@@H](NC(=O)[C@@H](NC(=O)[C@H](CC=Cc1cccc(F)c1-c1ccccc1)CC(=O)O)C(C)(C)C)c1ccccc1. The van der Waals surface area contributed by atoms with E-state index in [1.165, 1.54) is 6.07 Å². The topological polar surface area (TPSA) is 95.5 Å². The fraction of sp³-hybridized carbons (Fsp3) is 0.303. The third-order valence-corrected chi connectivity index (χ3v) is 6.69. The molecule has 0 aromatic heterocycles. The second kappa shape index (κ2) is 13.7. The quantitative estimate of drug-likeness (QED) is 0.260. The molecule has 0 saturated heterocycles. The number of halogens is 1. The molecular weight excluding hydrogens is 507 g/mol. The van der Waals surface area contributed by atoms with Gasteiger partial charge >= 0.3 is 5.97 Å². The van der Waals surface area contributed by atoms with Crippen LogP contribution in [-0.2, 0) is 14.4 Å². The fourth-order valence-electron chi connectivity index (χ4n) is 4.50. The number of carboxylic acid groups (broad SMARTS) is 1. The largest absolute Gasteiger partial charge is 0.481 e. The summed E-state index contributed by atoms with van der Waals surface area (Å²) in [4.78, 5) is 38.2. The molecule has 3 atom stereocenters. The first-order valence-corrected chi connectivity index (χ1v) is 13.4. The Morgan fingerprint density at radius 2 is 1.50 bits per heavy atom. The highest BCUT2D eigenvalue weighted by molar-refractivity contribution is 5.90. The van der Waals surface area contributed by atoms with E-state index in [1.54, 1.807) is 24.3 Å². The summed E-state index contributed by atoms with van der Waals surface area (Å²) in [7, 11) is 0. The van der Waals surface area contributed by atoms with Crippen LogP contribution in [0.5, 0.6) is 0 Å². The molecule has 3 rings (SSSR count). The van der Waals surface area contributed by atoms with Gasteiger partial charge in [-0.3, -0.25) is 14.4 Å². The van der Waals surface area contributed by atoms with Crippen LogP contribution in [0.4, 0.5) is 4.39 Å². The van der Waals surface area contributed by atoms with Crippen molar-refractivity contribution < 1.29 is 23.9 Å². The summed E-state index contributed by atoms with van der Waals surface area (Å²) < 4.78 is 14.7. The van der Waals surface area contributed by atoms with Gasteiger partial charge in [0.15, 0.2) is 0 Å². The molecular formula is C33H37FN2O4. The molecule has 0 unspecified atom stereocenters. The molecule has 40 heavy (non-hydrogen) atoms. The number of allylic oxidation sites excluding steroid dienone is 1. The maximum absolute atomic E-state index is 14.7. The Bertz CT molecular complexity index is 1330. The van der Waals surface area contributed by atoms with E-state index >= 15 is 0 Å². The summed E-state index contributed by atoms with van der Waals surface area (Å²) >= 11 is 0. The van der Waals surface area contributed by atoms with E-state index in [-0.39, 0.29) is 24.2 Å². The Morgan fingerprint density at radius 3 is 2.10 bits per heavy atom. The normalized spacial score (nSPS) is 13.8. The first-order chi connectivity index (χ1) is 19.0. The van der Waals surface area contributed by atoms with Gasteiger partial charge < -0.3 is 15.7 Å². The molecule has 0 saturated carbocycles. The van der Waals surface area contributed by atoms with Gasteiger partial charge in [0.25, 0.3) is 0 Å². The van der Waals surface area contributed by atoms with Gasteiger partial charge in [-0.2, -0.15) is 0 Å². The number of benzene rings is 3. The third kappa shape index (κ3) is 8.37. The lowest BCUT2D eigenvalue weighted by molar-refractivity contribution is -0.141. The maximum Gasteiger partial charge on any atom is 0.304 e. The van der Waals surface area contributed by atoms with E-state index in [0.717, 1.165) is 5.56 Å². The number of nitrogens with one attached hydrogen (secondary N) is 2. The number of amides is 2. The van der Waals surface area contributed by atoms with E-state index in [9.17, 15) is 23.9 Å². The number of hydrogen-bond acceptors (Lipinski definition) is 3. The molecule has 0 bridgehead atoms. The Morgan fingerprint density at radius 1 is 0.875 bits per heavy atom. The molecule has 6 nitrogen and oxygen atoms in total. The lowest BCUT2D eigenvalue weighted by atomic mass is 9.85. The molecule has 0 aliphatic rings. The highest BCUT2D eigenvalue weighted by atomic mass is 19.1. The monoisotopic (exact) mass is 544 g/mol. The zero-order valence-electron chi connectivity index (χ0n) is 23.4. The Labute approximate surface area is 235 Å². The molecule has 0 radical (unpaired) electrons. The van der Waals surface area contributed by atoms with Crippen LogP contribution >= 0.6 is 0 Å². The molecule has 2 amide bonds. The molecule has 0 aliphatic heterocycles. The van der Waals surface area contributed by atoms with Crippen molar-refractivity contribution in [1.29, 1.82) is 0 Å². The molecule has 0 fully saturated rings. The Balaban J connectivity index is 1.77. The number of aliphatic carboxylic acids is 1. The molecule has 3 aromatic rings. The lowest BCUT2D eigenvalue weighted by Gasteiger charge is -2.32. The Hall–Kier alpha value is -4.26. The van der Waals surface area contributed by atoms with Crippen LogP contribution in [-0.4, -0.2) is 28.9 Å². The summed E-state index contributed by atoms with van der Waals surface area (Å²) in [5, 5.41) is 15.3. The van der Waals surface area contributed by atoms with E-state index < -0.39 is 35.7 Å². The average molecular weight is 545 g/mol. The first kappa shape index (κ1) is 30.3. The molecule has 0 heterocycles. The van der Waals surface area contributed by atoms with E-state index in [4.69, 9.17) is 0 Å². The van der Waals surface area contributed by atoms with Gasteiger partial charge in [0.05, 0.1) is 18.4 Å². The van der Waals surface area contributed by atoms with Crippen molar-refractivity contribution in [3.05, 3.63) is 102 Å². The van der Waals surface area contributed by atoms with Crippen molar-refractivity contribution in [2.24, 2.45) is 11.3 Å². The minimum atomic E-state index is -1.13. The van der Waals surface area contributed by atoms with E-state index in [2.05, 4.69) is 10.6 Å². The summed E-state index contributed by atoms with van der Waals surface area (Å²) in [6.07, 6.45) is 3.06. The van der Waals surface area contributed by atoms with Gasteiger partial charge in [0.1, 0.15) is 11.9 Å². The smallest absolute Gasteiger partial charge is 0.304 e. The highest BCUT2D eigenvalue weighted by Crippen LogP contribution is 2.28. The van der Waals surface area contributed by atoms with Crippen LogP contribution in [0.1, 0.15) is 57.7 Å². The van der Waals surface area contributed by atoms with E-state index in [0.29, 0.717) is 16.7 Å². The zero-order chi connectivity index (χ0) is 29.3. The third-order valence-electron chi connectivity index (χ3n) is 6.69. The fourth-order valence-corrected chi connectivity index (χ4v) is 4.50. The molecule has 0 spiro atoms. The van der Waals surface area contributed by atoms with Crippen molar-refractivity contribution in [1.82, 2.24) is 10.6 Å². The zero-order valence-corrected chi connectivity index (χ0v) is 23.4. The molecule has 3 aromatic carbocycles. The van der Waals surface area contributed by atoms with Crippen molar-refractivity contribution in [3.63, 3.8) is 0 Å². The van der Waals surface area contributed by atoms with Crippen LogP contribution < -0.4 is 10.6 Å². The van der Waals surface area contributed by atoms with Crippen LogP contribution in [0.25, 0.3) is 17.2 Å². The number of rotatable bonds is 11. The maximum atomic E-state index is 14.7. The average Bonchev–Trinajstić information content (AvgIpc) is 2.91. The van der Waals surface area contributed by atoms with Crippen LogP contribution in [0.2, 0.25) is 0 Å². The van der Waals surface area contributed by atoms with Crippen molar-refractivity contribution in [2.45, 2.75) is 52.6 Å². The minimum absolute atomic E-state index is 0.0990. The standard InChI is InChI=1S/C33H37FN2O4/c1-22(23-13-7-5-8-14-23)35-32(40)30(33(2,3)4)36-31(39)26(21-28(37)38)19-11-17-25-18-12-20-27(34)29(25)24-15-9-6-10-16-24/h5-18,20,22,26,30H,19,21H2,1-4H3,(H,35,40)(H,36,39)(H,37,38)/t22-,26-,30-/m1/s1. The van der Waals surface area contributed by atoms with Crippen LogP contribution in [0.15, 0.2) is 84.9 Å². The Kier molecular flexibility index (Phi) is 10.4. The summed E-state index contributed by atoms with van der Waals surface area (Å²) in [5.41, 5.74) is 2.05. The summed E-state index contributed by atoms with van der Waals surface area (Å²) in [6.45, 7) is 7.38. The molecule has 3 N–H and O–H groups in total. The number of carboxylic acids is 1. The number of carbonyl (C=O) groups excluding carboxylic acids is 2. The second-order valence-corrected chi connectivity index (χ2v) is 11.0. The minimum Gasteiger partial charge on any atom is -0.481 e. The van der Waals surface area contributed by atoms with Gasteiger partial charge in [-0.15, -0.1) is 0 Å². The lowest BCUT2D eigenvalue weighted by Crippen LogP contribution is -2.55. The molecule has 210 valence electrons. The van der Waals surface area contributed by atoms with Gasteiger partial charge in [-0.05, 0) is 41.5 Å². The predicted molar refractivity (Wildman–Crippen MR) is 156 cm³/mol. The van der Waals surface area contributed by atoms with Gasteiger partial charge in [-0.1, -0.05) is 106 Å². The van der Waals surface area contributed by atoms with Crippen molar-refractivity contribution >= 4 is 23.9 Å². The number of carbonyl (C=O) groups is 3. The highest BCUT2D eigenvalue weighted by Gasteiger charge is 2.35. The van der Waals surface area contributed by atoms with Crippen molar-refractivity contribution in [2.75, 3.05) is 0 Å².